The summed E-state index contributed by atoms with van der Waals surface area (Å²) in [7, 11) is 0. The smallest absolute Gasteiger partial charge is 0.313 e. The fourth-order valence-corrected chi connectivity index (χ4v) is 2.62. The quantitative estimate of drug-likeness (QED) is 0.783. The van der Waals surface area contributed by atoms with E-state index >= 15 is 0 Å². The molecule has 3 heteroatoms. The summed E-state index contributed by atoms with van der Waals surface area (Å²) < 4.78 is 5.69. The van der Waals surface area contributed by atoms with Crippen molar-refractivity contribution in [2.24, 2.45) is 16.7 Å². The van der Waals surface area contributed by atoms with E-state index in [4.69, 9.17) is 4.74 Å². The van der Waals surface area contributed by atoms with Crippen molar-refractivity contribution in [2.45, 2.75) is 52.6 Å². The molecule has 3 nitrogen and oxygen atoms in total. The van der Waals surface area contributed by atoms with Gasteiger partial charge >= 0.3 is 5.97 Å². The molecule has 0 aromatic heterocycles. The lowest BCUT2D eigenvalue weighted by molar-refractivity contribution is -0.152. The molecule has 2 unspecified atom stereocenters. The Morgan fingerprint density at radius 2 is 2.11 bits per heavy atom. The van der Waals surface area contributed by atoms with Crippen LogP contribution in [0.3, 0.4) is 0 Å². The number of hydrogen-bond donors (Lipinski definition) is 1. The van der Waals surface area contributed by atoms with Gasteiger partial charge in [-0.05, 0) is 46.0 Å². The molecule has 1 aliphatic heterocycles. The summed E-state index contributed by atoms with van der Waals surface area (Å²) in [5, 5.41) is 9.59. The molecule has 18 heavy (non-hydrogen) atoms. The monoisotopic (exact) mass is 250 g/mol. The maximum absolute atomic E-state index is 11.7. The van der Waals surface area contributed by atoms with Gasteiger partial charge in [0.2, 0.25) is 0 Å². The van der Waals surface area contributed by atoms with Gasteiger partial charge < -0.3 is 9.84 Å². The van der Waals surface area contributed by atoms with Crippen molar-refractivity contribution in [1.82, 2.24) is 0 Å². The normalized spacial score (nSPS) is 31.8. The molecule has 0 aromatic rings. The van der Waals surface area contributed by atoms with Crippen molar-refractivity contribution >= 4 is 5.97 Å². The van der Waals surface area contributed by atoms with Crippen LogP contribution in [-0.2, 0) is 9.53 Å². The fraction of sp³-hybridized carbons (Fsp3) is 0.800. The summed E-state index contributed by atoms with van der Waals surface area (Å²) in [6.45, 7) is 6.68. The van der Waals surface area contributed by atoms with Crippen molar-refractivity contribution in [3.8, 4) is 11.8 Å². The molecule has 1 heterocycles. The minimum absolute atomic E-state index is 0.0752. The van der Waals surface area contributed by atoms with Crippen LogP contribution in [0.15, 0.2) is 0 Å². The molecular weight excluding hydrogens is 228 g/mol. The highest BCUT2D eigenvalue weighted by atomic mass is 16.5. The number of ether oxygens (including phenoxy) is 1. The highest BCUT2D eigenvalue weighted by Gasteiger charge is 2.55. The zero-order chi connectivity index (χ0) is 13.4. The first kappa shape index (κ1) is 13.4. The molecular formula is C15H22O3. The summed E-state index contributed by atoms with van der Waals surface area (Å²) in [5.74, 6) is 5.94. The Kier molecular flexibility index (Phi) is 3.42. The fourth-order valence-electron chi connectivity index (χ4n) is 2.62. The first-order chi connectivity index (χ1) is 8.35. The van der Waals surface area contributed by atoms with Gasteiger partial charge in [-0.2, -0.15) is 0 Å². The third-order valence-electron chi connectivity index (χ3n) is 3.73. The van der Waals surface area contributed by atoms with Crippen LogP contribution in [0.1, 0.15) is 46.5 Å². The molecule has 0 radical (unpaired) electrons. The molecule has 2 aliphatic rings. The lowest BCUT2D eigenvalue weighted by Crippen LogP contribution is -2.40. The Morgan fingerprint density at radius 1 is 1.44 bits per heavy atom. The third kappa shape index (κ3) is 2.70. The van der Waals surface area contributed by atoms with E-state index in [2.05, 4.69) is 11.8 Å². The average molecular weight is 250 g/mol. The van der Waals surface area contributed by atoms with Crippen molar-refractivity contribution in [3.05, 3.63) is 0 Å². The number of rotatable bonds is 3. The third-order valence-corrected chi connectivity index (χ3v) is 3.73. The Balaban J connectivity index is 2.16. The zero-order valence-electron chi connectivity index (χ0n) is 11.5. The van der Waals surface area contributed by atoms with Crippen LogP contribution in [0.4, 0.5) is 0 Å². The van der Waals surface area contributed by atoms with E-state index in [0.717, 1.165) is 12.8 Å². The molecule has 1 aliphatic carbocycles. The van der Waals surface area contributed by atoms with E-state index in [0.29, 0.717) is 25.4 Å². The second kappa shape index (κ2) is 4.59. The first-order valence-electron chi connectivity index (χ1n) is 6.70. The SMILES string of the molecule is CC(C)(C)C#CCC1(C(=O)O)CCOC1C1CC1. The predicted molar refractivity (Wildman–Crippen MR) is 69.0 cm³/mol. The Morgan fingerprint density at radius 3 is 2.61 bits per heavy atom. The van der Waals surface area contributed by atoms with Gasteiger partial charge in [0, 0.05) is 18.4 Å². The van der Waals surface area contributed by atoms with Crippen LogP contribution in [0, 0.1) is 28.6 Å². The number of carboxylic acids is 1. The number of carboxylic acid groups (broad SMARTS) is 1. The Labute approximate surface area is 109 Å². The first-order valence-corrected chi connectivity index (χ1v) is 6.70. The van der Waals surface area contributed by atoms with Gasteiger partial charge in [0.15, 0.2) is 0 Å². The van der Waals surface area contributed by atoms with Crippen LogP contribution >= 0.6 is 0 Å². The van der Waals surface area contributed by atoms with E-state index in [9.17, 15) is 9.90 Å². The molecule has 2 fully saturated rings. The Bertz CT molecular complexity index is 392. The van der Waals surface area contributed by atoms with Crippen LogP contribution in [0.25, 0.3) is 0 Å². The number of aliphatic carboxylic acids is 1. The van der Waals surface area contributed by atoms with Gasteiger partial charge in [0.1, 0.15) is 5.41 Å². The molecule has 2 rings (SSSR count). The van der Waals surface area contributed by atoms with Gasteiger partial charge in [-0.15, -0.1) is 5.92 Å². The minimum Gasteiger partial charge on any atom is -0.481 e. The van der Waals surface area contributed by atoms with E-state index in [1.165, 1.54) is 0 Å². The van der Waals surface area contributed by atoms with Crippen molar-refractivity contribution in [1.29, 1.82) is 0 Å². The second-order valence-electron chi connectivity index (χ2n) is 6.57. The lowest BCUT2D eigenvalue weighted by Gasteiger charge is -2.28. The maximum Gasteiger partial charge on any atom is 0.313 e. The van der Waals surface area contributed by atoms with Crippen molar-refractivity contribution < 1.29 is 14.6 Å². The molecule has 1 N–H and O–H groups in total. The highest BCUT2D eigenvalue weighted by molar-refractivity contribution is 5.76. The largest absolute Gasteiger partial charge is 0.481 e. The van der Waals surface area contributed by atoms with Crippen LogP contribution in [0.5, 0.6) is 0 Å². The molecule has 0 spiro atoms. The summed E-state index contributed by atoms with van der Waals surface area (Å²) in [6.07, 6.45) is 3.10. The number of carbonyl (C=O) groups is 1. The molecule has 0 amide bonds. The van der Waals surface area contributed by atoms with Crippen LogP contribution < -0.4 is 0 Å². The van der Waals surface area contributed by atoms with Gasteiger partial charge in [0.25, 0.3) is 0 Å². The average Bonchev–Trinajstić information content (AvgIpc) is 2.98. The Hall–Kier alpha value is -1.01. The lowest BCUT2D eigenvalue weighted by atomic mass is 9.76. The molecule has 100 valence electrons. The van der Waals surface area contributed by atoms with E-state index in [-0.39, 0.29) is 11.5 Å². The highest BCUT2D eigenvalue weighted by Crippen LogP contribution is 2.49. The van der Waals surface area contributed by atoms with E-state index in [1.54, 1.807) is 0 Å². The summed E-state index contributed by atoms with van der Waals surface area (Å²) in [5.41, 5.74) is -0.840. The second-order valence-corrected chi connectivity index (χ2v) is 6.57. The zero-order valence-corrected chi connectivity index (χ0v) is 11.5. The summed E-state index contributed by atoms with van der Waals surface area (Å²) in [4.78, 5) is 11.7. The standard InChI is InChI=1S/C15H22O3/c1-14(2,3)7-4-8-15(13(16)17)9-10-18-12(15)11-5-6-11/h11-12H,5-6,8-10H2,1-3H3,(H,16,17). The molecule has 2 atom stereocenters. The predicted octanol–water partition coefficient (Wildman–Crippen LogP) is 2.70. The van der Waals surface area contributed by atoms with Gasteiger partial charge in [-0.25, -0.2) is 0 Å². The number of hydrogen-bond acceptors (Lipinski definition) is 2. The van der Waals surface area contributed by atoms with Gasteiger partial charge in [0.05, 0.1) is 6.10 Å². The summed E-state index contributed by atoms with van der Waals surface area (Å²) >= 11 is 0. The minimum atomic E-state index is -0.764. The molecule has 0 aromatic carbocycles. The molecule has 1 saturated heterocycles. The molecule has 1 saturated carbocycles. The van der Waals surface area contributed by atoms with E-state index < -0.39 is 11.4 Å². The van der Waals surface area contributed by atoms with Crippen LogP contribution in [0.2, 0.25) is 0 Å². The topological polar surface area (TPSA) is 46.5 Å². The summed E-state index contributed by atoms with van der Waals surface area (Å²) in [6, 6.07) is 0. The van der Waals surface area contributed by atoms with Crippen molar-refractivity contribution in [3.63, 3.8) is 0 Å². The van der Waals surface area contributed by atoms with E-state index in [1.807, 2.05) is 20.8 Å². The molecule has 0 bridgehead atoms. The maximum atomic E-state index is 11.7. The van der Waals surface area contributed by atoms with Gasteiger partial charge in [-0.3, -0.25) is 4.79 Å². The van der Waals surface area contributed by atoms with Gasteiger partial charge in [-0.1, -0.05) is 5.92 Å². The van der Waals surface area contributed by atoms with Crippen molar-refractivity contribution in [2.75, 3.05) is 6.61 Å². The van der Waals surface area contributed by atoms with Crippen LogP contribution in [-0.4, -0.2) is 23.8 Å².